The fourth-order valence-electron chi connectivity index (χ4n) is 1.72. The lowest BCUT2D eigenvalue weighted by Crippen LogP contribution is -2.23. The van der Waals surface area contributed by atoms with E-state index in [2.05, 4.69) is 10.3 Å². The standard InChI is InChI=1S/C14H16ClN3OS/c1-8(2)11-5-9(6-13(16)18-11)14(19)17-7-10-3-4-12(15)20-10/h3-6,8H,7H2,1-2H3,(H2,16,18)(H,17,19). The highest BCUT2D eigenvalue weighted by atomic mass is 35.5. The van der Waals surface area contributed by atoms with Crippen LogP contribution in [-0.4, -0.2) is 10.9 Å². The molecule has 106 valence electrons. The van der Waals surface area contributed by atoms with Crippen molar-refractivity contribution in [3.05, 3.63) is 44.7 Å². The van der Waals surface area contributed by atoms with E-state index >= 15 is 0 Å². The van der Waals surface area contributed by atoms with E-state index in [1.54, 1.807) is 12.1 Å². The van der Waals surface area contributed by atoms with Gasteiger partial charge in [-0.2, -0.15) is 0 Å². The maximum Gasteiger partial charge on any atom is 0.251 e. The van der Waals surface area contributed by atoms with Crippen molar-refractivity contribution < 1.29 is 4.79 Å². The summed E-state index contributed by atoms with van der Waals surface area (Å²) >= 11 is 7.30. The molecule has 0 aliphatic rings. The molecule has 0 fully saturated rings. The smallest absolute Gasteiger partial charge is 0.251 e. The maximum absolute atomic E-state index is 12.1. The highest BCUT2D eigenvalue weighted by molar-refractivity contribution is 7.16. The molecule has 0 aliphatic heterocycles. The van der Waals surface area contributed by atoms with Gasteiger partial charge in [0.1, 0.15) is 5.82 Å². The number of nitrogens with two attached hydrogens (primary N) is 1. The maximum atomic E-state index is 12.1. The molecule has 3 N–H and O–H groups in total. The summed E-state index contributed by atoms with van der Waals surface area (Å²) in [5.74, 6) is 0.423. The van der Waals surface area contributed by atoms with Gasteiger partial charge in [0.25, 0.3) is 5.91 Å². The Kier molecular flexibility index (Phi) is 4.62. The van der Waals surface area contributed by atoms with Crippen molar-refractivity contribution in [3.63, 3.8) is 0 Å². The number of hydrogen-bond donors (Lipinski definition) is 2. The van der Waals surface area contributed by atoms with Crippen LogP contribution in [0.15, 0.2) is 24.3 Å². The molecule has 0 aromatic carbocycles. The zero-order valence-corrected chi connectivity index (χ0v) is 12.9. The highest BCUT2D eigenvalue weighted by Gasteiger charge is 2.11. The molecule has 1 amide bonds. The summed E-state index contributed by atoms with van der Waals surface area (Å²) in [4.78, 5) is 17.4. The van der Waals surface area contributed by atoms with Gasteiger partial charge in [0.15, 0.2) is 0 Å². The first kappa shape index (κ1) is 14.8. The fourth-order valence-corrected chi connectivity index (χ4v) is 2.74. The Hall–Kier alpha value is -1.59. The van der Waals surface area contributed by atoms with Crippen LogP contribution in [0.2, 0.25) is 4.34 Å². The second-order valence-corrected chi connectivity index (χ2v) is 6.55. The molecule has 0 saturated heterocycles. The molecule has 0 atom stereocenters. The van der Waals surface area contributed by atoms with Gasteiger partial charge < -0.3 is 11.1 Å². The third-order valence-electron chi connectivity index (χ3n) is 2.77. The van der Waals surface area contributed by atoms with E-state index in [4.69, 9.17) is 17.3 Å². The number of thiophene rings is 1. The second-order valence-electron chi connectivity index (χ2n) is 4.75. The van der Waals surface area contributed by atoms with Gasteiger partial charge in [0, 0.05) is 16.1 Å². The number of rotatable bonds is 4. The van der Waals surface area contributed by atoms with Crippen molar-refractivity contribution in [2.75, 3.05) is 5.73 Å². The summed E-state index contributed by atoms with van der Waals surface area (Å²) in [5.41, 5.74) is 7.08. The normalized spacial score (nSPS) is 10.8. The number of amides is 1. The molecule has 0 spiro atoms. The van der Waals surface area contributed by atoms with Crippen molar-refractivity contribution >= 4 is 34.7 Å². The number of nitrogens with one attached hydrogen (secondary N) is 1. The van der Waals surface area contributed by atoms with Gasteiger partial charge in [-0.3, -0.25) is 4.79 Å². The van der Waals surface area contributed by atoms with Gasteiger partial charge in [0.2, 0.25) is 0 Å². The fraction of sp³-hybridized carbons (Fsp3) is 0.286. The van der Waals surface area contributed by atoms with Crippen LogP contribution in [-0.2, 0) is 6.54 Å². The van der Waals surface area contributed by atoms with Gasteiger partial charge >= 0.3 is 0 Å². The lowest BCUT2D eigenvalue weighted by Gasteiger charge is -2.09. The first-order valence-corrected chi connectivity index (χ1v) is 7.45. The Bertz CT molecular complexity index is 625. The van der Waals surface area contributed by atoms with Gasteiger partial charge in [-0.15, -0.1) is 11.3 Å². The molecule has 2 aromatic rings. The number of halogens is 1. The van der Waals surface area contributed by atoms with E-state index in [0.29, 0.717) is 22.3 Å². The van der Waals surface area contributed by atoms with Gasteiger partial charge in [-0.1, -0.05) is 25.4 Å². The van der Waals surface area contributed by atoms with Gasteiger partial charge in [-0.05, 0) is 30.2 Å². The summed E-state index contributed by atoms with van der Waals surface area (Å²) in [6, 6.07) is 7.07. The molecule has 4 nitrogen and oxygen atoms in total. The summed E-state index contributed by atoms with van der Waals surface area (Å²) in [6.07, 6.45) is 0. The second kappa shape index (κ2) is 6.24. The predicted octanol–water partition coefficient (Wildman–Crippen LogP) is 3.43. The molecule has 6 heteroatoms. The van der Waals surface area contributed by atoms with Crippen LogP contribution in [0.25, 0.3) is 0 Å². The minimum absolute atomic E-state index is 0.162. The first-order chi connectivity index (χ1) is 9.45. The Morgan fingerprint density at radius 1 is 1.45 bits per heavy atom. The van der Waals surface area contributed by atoms with Gasteiger partial charge in [-0.25, -0.2) is 4.98 Å². The molecule has 20 heavy (non-hydrogen) atoms. The van der Waals surface area contributed by atoms with E-state index in [9.17, 15) is 4.79 Å². The van der Waals surface area contributed by atoms with Gasteiger partial charge in [0.05, 0.1) is 10.9 Å². The topological polar surface area (TPSA) is 68.0 Å². The number of carbonyl (C=O) groups is 1. The molecular formula is C14H16ClN3OS. The lowest BCUT2D eigenvalue weighted by atomic mass is 10.1. The van der Waals surface area contributed by atoms with Crippen LogP contribution in [0.3, 0.4) is 0 Å². The van der Waals surface area contributed by atoms with Crippen LogP contribution >= 0.6 is 22.9 Å². The van der Waals surface area contributed by atoms with E-state index in [1.807, 2.05) is 26.0 Å². The van der Waals surface area contributed by atoms with Crippen molar-refractivity contribution in [1.82, 2.24) is 10.3 Å². The number of nitrogens with zero attached hydrogens (tertiary/aromatic N) is 1. The monoisotopic (exact) mass is 309 g/mol. The van der Waals surface area contributed by atoms with Crippen LogP contribution in [0.1, 0.15) is 40.7 Å². The minimum Gasteiger partial charge on any atom is -0.384 e. The number of hydrogen-bond acceptors (Lipinski definition) is 4. The lowest BCUT2D eigenvalue weighted by molar-refractivity contribution is 0.0951. The minimum atomic E-state index is -0.162. The molecule has 0 saturated carbocycles. The summed E-state index contributed by atoms with van der Waals surface area (Å²) in [5, 5.41) is 2.85. The Morgan fingerprint density at radius 2 is 2.20 bits per heavy atom. The summed E-state index contributed by atoms with van der Waals surface area (Å²) in [6.45, 7) is 4.48. The van der Waals surface area contributed by atoms with Crippen molar-refractivity contribution in [2.24, 2.45) is 0 Å². The Labute approximate surface area is 127 Å². The number of aromatic nitrogens is 1. The predicted molar refractivity (Wildman–Crippen MR) is 83.2 cm³/mol. The molecule has 2 rings (SSSR count). The summed E-state index contributed by atoms with van der Waals surface area (Å²) < 4.78 is 0.712. The molecule has 2 heterocycles. The van der Waals surface area contributed by atoms with Crippen molar-refractivity contribution in [3.8, 4) is 0 Å². The highest BCUT2D eigenvalue weighted by Crippen LogP contribution is 2.21. The van der Waals surface area contributed by atoms with Crippen molar-refractivity contribution in [1.29, 1.82) is 0 Å². The molecule has 0 unspecified atom stereocenters. The van der Waals surface area contributed by atoms with E-state index in [-0.39, 0.29) is 11.8 Å². The Balaban J connectivity index is 2.09. The quantitative estimate of drug-likeness (QED) is 0.909. The van der Waals surface area contributed by atoms with Crippen LogP contribution in [0.4, 0.5) is 5.82 Å². The largest absolute Gasteiger partial charge is 0.384 e. The third-order valence-corrected chi connectivity index (χ3v) is 4.00. The zero-order valence-electron chi connectivity index (χ0n) is 11.3. The van der Waals surface area contributed by atoms with Crippen LogP contribution in [0.5, 0.6) is 0 Å². The first-order valence-electron chi connectivity index (χ1n) is 6.25. The van der Waals surface area contributed by atoms with Crippen LogP contribution in [0, 0.1) is 0 Å². The molecule has 0 bridgehead atoms. The number of anilines is 1. The van der Waals surface area contributed by atoms with E-state index in [1.165, 1.54) is 11.3 Å². The zero-order chi connectivity index (χ0) is 14.7. The van der Waals surface area contributed by atoms with Crippen molar-refractivity contribution in [2.45, 2.75) is 26.3 Å². The van der Waals surface area contributed by atoms with Crippen LogP contribution < -0.4 is 11.1 Å². The Morgan fingerprint density at radius 3 is 2.80 bits per heavy atom. The van der Waals surface area contributed by atoms with E-state index in [0.717, 1.165) is 10.6 Å². The average Bonchev–Trinajstić information content (AvgIpc) is 2.81. The number of carbonyl (C=O) groups excluding carboxylic acids is 1. The molecule has 0 radical (unpaired) electrons. The average molecular weight is 310 g/mol. The summed E-state index contributed by atoms with van der Waals surface area (Å²) in [7, 11) is 0. The molecular weight excluding hydrogens is 294 g/mol. The molecule has 2 aromatic heterocycles. The SMILES string of the molecule is CC(C)c1cc(C(=O)NCc2ccc(Cl)s2)cc(N)n1. The molecule has 0 aliphatic carbocycles. The number of nitrogen functional groups attached to an aromatic ring is 1. The van der Waals surface area contributed by atoms with E-state index < -0.39 is 0 Å². The third kappa shape index (κ3) is 3.71. The number of pyridine rings is 1.